The highest BCUT2D eigenvalue weighted by molar-refractivity contribution is 6.38. The Bertz CT molecular complexity index is 209. The van der Waals surface area contributed by atoms with Crippen molar-refractivity contribution in [3.05, 3.63) is 0 Å². The van der Waals surface area contributed by atoms with Gasteiger partial charge in [0.1, 0.15) is 12.9 Å². The van der Waals surface area contributed by atoms with Gasteiger partial charge in [-0.1, -0.05) is 12.1 Å². The molecule has 0 saturated carbocycles. The summed E-state index contributed by atoms with van der Waals surface area (Å²) in [5, 5.41) is 11.7. The van der Waals surface area contributed by atoms with Crippen LogP contribution in [0.5, 0.6) is 0 Å². The Morgan fingerprint density at radius 3 is 2.42 bits per heavy atom. The number of oxime groups is 1. The minimum atomic E-state index is -1.22. The molecule has 0 atom stereocenters. The molecule has 0 aromatic carbocycles. The molecule has 0 aromatic heterocycles. The molecule has 12 heavy (non-hydrogen) atoms. The van der Waals surface area contributed by atoms with E-state index in [0.717, 1.165) is 0 Å². The number of Topliss-reactive ketones (excluding diaryl/α,β-unsaturated/α-hetero) is 1. The molecule has 0 aromatic rings. The fourth-order valence-electron chi connectivity index (χ4n) is 0.569. The van der Waals surface area contributed by atoms with E-state index in [-0.39, 0.29) is 17.9 Å². The molecule has 0 aliphatic carbocycles. The standard InChI is InChI=1S/C7H11NO4/c1-3-5(9)4-6(7(10)11)8-12-2/h3-4H2,1-2H3,(H,10,11)/b8-6+. The first-order valence-corrected chi connectivity index (χ1v) is 3.46. The first kappa shape index (κ1) is 10.6. The summed E-state index contributed by atoms with van der Waals surface area (Å²) < 4.78 is 0. The number of hydrogen-bond acceptors (Lipinski definition) is 4. The van der Waals surface area contributed by atoms with Crippen molar-refractivity contribution in [2.24, 2.45) is 5.16 Å². The number of carbonyl (C=O) groups is 2. The van der Waals surface area contributed by atoms with Crippen LogP contribution in [-0.2, 0) is 14.4 Å². The van der Waals surface area contributed by atoms with Crippen LogP contribution in [0.4, 0.5) is 0 Å². The Kier molecular flexibility index (Phi) is 4.67. The van der Waals surface area contributed by atoms with Crippen LogP contribution < -0.4 is 0 Å². The molecule has 1 N–H and O–H groups in total. The molecular formula is C7H11NO4. The highest BCUT2D eigenvalue weighted by atomic mass is 16.6. The second-order valence-electron chi connectivity index (χ2n) is 2.09. The van der Waals surface area contributed by atoms with Gasteiger partial charge >= 0.3 is 5.97 Å². The molecule has 0 unspecified atom stereocenters. The molecule has 0 heterocycles. The molecule has 5 heteroatoms. The number of rotatable bonds is 5. The summed E-state index contributed by atoms with van der Waals surface area (Å²) in [6.45, 7) is 1.66. The van der Waals surface area contributed by atoms with E-state index in [0.29, 0.717) is 6.42 Å². The van der Waals surface area contributed by atoms with Crippen molar-refractivity contribution in [3.8, 4) is 0 Å². The molecule has 0 radical (unpaired) electrons. The van der Waals surface area contributed by atoms with Crippen LogP contribution in [-0.4, -0.2) is 29.7 Å². The summed E-state index contributed by atoms with van der Waals surface area (Å²) in [5.74, 6) is -1.40. The van der Waals surface area contributed by atoms with Gasteiger partial charge < -0.3 is 9.94 Å². The lowest BCUT2D eigenvalue weighted by Gasteiger charge is -1.97. The Morgan fingerprint density at radius 1 is 1.50 bits per heavy atom. The third-order valence-corrected chi connectivity index (χ3v) is 1.21. The summed E-state index contributed by atoms with van der Waals surface area (Å²) in [7, 11) is 1.24. The van der Waals surface area contributed by atoms with Crippen molar-refractivity contribution in [2.75, 3.05) is 7.11 Å². The van der Waals surface area contributed by atoms with Crippen molar-refractivity contribution in [1.29, 1.82) is 0 Å². The topological polar surface area (TPSA) is 76.0 Å². The second-order valence-corrected chi connectivity index (χ2v) is 2.09. The number of ketones is 1. The third-order valence-electron chi connectivity index (χ3n) is 1.21. The lowest BCUT2D eigenvalue weighted by atomic mass is 10.1. The minimum Gasteiger partial charge on any atom is -0.477 e. The van der Waals surface area contributed by atoms with E-state index >= 15 is 0 Å². The zero-order valence-corrected chi connectivity index (χ0v) is 7.03. The van der Waals surface area contributed by atoms with Gasteiger partial charge in [-0.3, -0.25) is 4.79 Å². The van der Waals surface area contributed by atoms with Gasteiger partial charge in [-0.2, -0.15) is 0 Å². The molecule has 0 bridgehead atoms. The Hall–Kier alpha value is -1.39. The second kappa shape index (κ2) is 5.29. The Balaban J connectivity index is 4.24. The van der Waals surface area contributed by atoms with Gasteiger partial charge in [0.25, 0.3) is 0 Å². The summed E-state index contributed by atoms with van der Waals surface area (Å²) in [6.07, 6.45) is 0.121. The Morgan fingerprint density at radius 2 is 2.08 bits per heavy atom. The number of aliphatic carboxylic acids is 1. The van der Waals surface area contributed by atoms with Gasteiger partial charge in [0.2, 0.25) is 0 Å². The largest absolute Gasteiger partial charge is 0.477 e. The number of nitrogens with zero attached hydrogens (tertiary/aromatic N) is 1. The van der Waals surface area contributed by atoms with Gasteiger partial charge in [0.15, 0.2) is 5.71 Å². The fourth-order valence-corrected chi connectivity index (χ4v) is 0.569. The van der Waals surface area contributed by atoms with Gasteiger partial charge in [0, 0.05) is 6.42 Å². The molecule has 0 aliphatic rings. The third kappa shape index (κ3) is 3.70. The number of carbonyl (C=O) groups excluding carboxylic acids is 1. The van der Waals surface area contributed by atoms with Crippen molar-refractivity contribution in [2.45, 2.75) is 19.8 Å². The average molecular weight is 173 g/mol. The van der Waals surface area contributed by atoms with E-state index in [9.17, 15) is 9.59 Å². The predicted molar refractivity (Wildman–Crippen MR) is 42.0 cm³/mol. The summed E-state index contributed by atoms with van der Waals surface area (Å²) >= 11 is 0. The SMILES string of the molecule is CCC(=O)C/C(=N\OC)C(=O)O. The van der Waals surface area contributed by atoms with Gasteiger partial charge in [-0.15, -0.1) is 0 Å². The smallest absolute Gasteiger partial charge is 0.354 e. The van der Waals surface area contributed by atoms with E-state index < -0.39 is 5.97 Å². The monoisotopic (exact) mass is 173 g/mol. The molecule has 0 aliphatic heterocycles. The summed E-state index contributed by atoms with van der Waals surface area (Å²) in [6, 6.07) is 0. The van der Waals surface area contributed by atoms with Crippen molar-refractivity contribution in [3.63, 3.8) is 0 Å². The molecule has 0 rings (SSSR count). The maximum absolute atomic E-state index is 10.8. The summed E-state index contributed by atoms with van der Waals surface area (Å²) in [5.41, 5.74) is -0.260. The molecule has 0 amide bonds. The molecule has 5 nitrogen and oxygen atoms in total. The normalized spacial score (nSPS) is 11.0. The summed E-state index contributed by atoms with van der Waals surface area (Å²) in [4.78, 5) is 25.4. The van der Waals surface area contributed by atoms with E-state index in [4.69, 9.17) is 5.11 Å². The maximum atomic E-state index is 10.8. The van der Waals surface area contributed by atoms with Crippen LogP contribution in [0, 0.1) is 0 Å². The number of hydrogen-bond donors (Lipinski definition) is 1. The van der Waals surface area contributed by atoms with E-state index in [1.807, 2.05) is 0 Å². The molecule has 0 fully saturated rings. The number of carboxylic acids is 1. The van der Waals surface area contributed by atoms with Crippen molar-refractivity contribution < 1.29 is 19.5 Å². The van der Waals surface area contributed by atoms with Gasteiger partial charge in [-0.25, -0.2) is 4.79 Å². The first-order valence-electron chi connectivity index (χ1n) is 3.46. The van der Waals surface area contributed by atoms with E-state index in [1.165, 1.54) is 7.11 Å². The highest BCUT2D eigenvalue weighted by Gasteiger charge is 2.13. The first-order chi connectivity index (χ1) is 5.61. The van der Waals surface area contributed by atoms with Gasteiger partial charge in [0.05, 0.1) is 6.42 Å². The van der Waals surface area contributed by atoms with Crippen LogP contribution in [0.2, 0.25) is 0 Å². The lowest BCUT2D eigenvalue weighted by Crippen LogP contribution is -2.17. The lowest BCUT2D eigenvalue weighted by molar-refractivity contribution is -0.130. The predicted octanol–water partition coefficient (Wildman–Crippen LogP) is 0.443. The maximum Gasteiger partial charge on any atom is 0.354 e. The van der Waals surface area contributed by atoms with Crippen molar-refractivity contribution in [1.82, 2.24) is 0 Å². The van der Waals surface area contributed by atoms with Gasteiger partial charge in [-0.05, 0) is 0 Å². The quantitative estimate of drug-likeness (QED) is 0.483. The molecule has 0 spiro atoms. The van der Waals surface area contributed by atoms with Crippen LogP contribution in [0.15, 0.2) is 5.16 Å². The van der Waals surface area contributed by atoms with Crippen LogP contribution in [0.25, 0.3) is 0 Å². The minimum absolute atomic E-state index is 0.173. The van der Waals surface area contributed by atoms with Crippen LogP contribution in [0.1, 0.15) is 19.8 Å². The zero-order chi connectivity index (χ0) is 9.56. The zero-order valence-electron chi connectivity index (χ0n) is 7.03. The van der Waals surface area contributed by atoms with E-state index in [2.05, 4.69) is 9.99 Å². The highest BCUT2D eigenvalue weighted by Crippen LogP contribution is 1.94. The number of carboxylic acid groups (broad SMARTS) is 1. The van der Waals surface area contributed by atoms with E-state index in [1.54, 1.807) is 6.92 Å². The van der Waals surface area contributed by atoms with Crippen molar-refractivity contribution >= 4 is 17.5 Å². The molecular weight excluding hydrogens is 162 g/mol. The molecule has 0 saturated heterocycles. The van der Waals surface area contributed by atoms with Crippen LogP contribution in [0.3, 0.4) is 0 Å². The fraction of sp³-hybridized carbons (Fsp3) is 0.571. The average Bonchev–Trinajstić information content (AvgIpc) is 2.03. The van der Waals surface area contributed by atoms with Crippen LogP contribution >= 0.6 is 0 Å². The Labute approximate surface area is 70.0 Å². The molecule has 68 valence electrons.